The number of aromatic nitrogens is 1. The number of rotatable bonds is 5. The molecule has 3 aromatic rings. The molecule has 0 saturated carbocycles. The van der Waals surface area contributed by atoms with Crippen molar-refractivity contribution in [2.24, 2.45) is 0 Å². The van der Waals surface area contributed by atoms with E-state index in [1.54, 1.807) is 12.1 Å². The maximum absolute atomic E-state index is 12.2. The Morgan fingerprint density at radius 1 is 1.10 bits per heavy atom. The van der Waals surface area contributed by atoms with Gasteiger partial charge in [0.25, 0.3) is 11.2 Å². The summed E-state index contributed by atoms with van der Waals surface area (Å²) in [5, 5.41) is 30.3. The molecule has 8 nitrogen and oxygen atoms in total. The van der Waals surface area contributed by atoms with Gasteiger partial charge in [-0.05, 0) is 11.6 Å². The molecule has 3 rings (SSSR count). The number of nitriles is 2. The Labute approximate surface area is 169 Å². The number of hydrogen-bond acceptors (Lipinski definition) is 7. The molecule has 0 spiro atoms. The minimum atomic E-state index is -0.760. The first-order chi connectivity index (χ1) is 14.0. The number of H-pyrrole nitrogens is 1. The molecule has 0 atom stereocenters. The largest absolute Gasteiger partial charge is 0.384 e. The molecule has 0 amide bonds. The molecular formula is C20H13N5O3S. The Hall–Kier alpha value is -4.08. The summed E-state index contributed by atoms with van der Waals surface area (Å²) in [5.41, 5.74) is 5.62. The number of nitro groups is 1. The van der Waals surface area contributed by atoms with E-state index in [2.05, 4.69) is 4.98 Å². The van der Waals surface area contributed by atoms with E-state index in [9.17, 15) is 25.4 Å². The van der Waals surface area contributed by atoms with Crippen LogP contribution in [0.15, 0.2) is 58.2 Å². The van der Waals surface area contributed by atoms with Crippen molar-refractivity contribution in [1.29, 1.82) is 10.5 Å². The van der Waals surface area contributed by atoms with E-state index in [4.69, 9.17) is 5.73 Å². The zero-order valence-corrected chi connectivity index (χ0v) is 15.7. The third-order valence-electron chi connectivity index (χ3n) is 4.15. The molecule has 1 heterocycles. The molecule has 1 aromatic heterocycles. The van der Waals surface area contributed by atoms with Crippen LogP contribution in [0.4, 0.5) is 11.5 Å². The molecule has 3 N–H and O–H groups in total. The minimum absolute atomic E-state index is 0.00416. The molecule has 0 bridgehead atoms. The second-order valence-electron chi connectivity index (χ2n) is 5.93. The Morgan fingerprint density at radius 3 is 2.41 bits per heavy atom. The fourth-order valence-corrected chi connectivity index (χ4v) is 3.80. The van der Waals surface area contributed by atoms with Crippen LogP contribution in [-0.4, -0.2) is 9.91 Å². The van der Waals surface area contributed by atoms with Gasteiger partial charge in [0.1, 0.15) is 29.1 Å². The third kappa shape index (κ3) is 3.95. The summed E-state index contributed by atoms with van der Waals surface area (Å²) in [5.74, 6) is 0.352. The average molecular weight is 403 g/mol. The number of nitrogens with zero attached hydrogens (tertiary/aromatic N) is 3. The first-order valence-electron chi connectivity index (χ1n) is 8.27. The summed E-state index contributed by atoms with van der Waals surface area (Å²) in [6.07, 6.45) is 0. The Kier molecular flexibility index (Phi) is 5.63. The fourth-order valence-electron chi connectivity index (χ4n) is 2.80. The highest BCUT2D eigenvalue weighted by Gasteiger charge is 2.23. The number of hydrogen-bond donors (Lipinski definition) is 2. The number of thioether (sulfide) groups is 1. The number of nitrogen functional groups attached to an aromatic ring is 1. The average Bonchev–Trinajstić information content (AvgIpc) is 2.72. The zero-order valence-electron chi connectivity index (χ0n) is 14.9. The molecular weight excluding hydrogens is 390 g/mol. The van der Waals surface area contributed by atoms with Crippen LogP contribution in [0.1, 0.15) is 16.7 Å². The Bertz CT molecular complexity index is 1240. The van der Waals surface area contributed by atoms with Crippen molar-refractivity contribution in [3.05, 3.63) is 85.7 Å². The first kappa shape index (κ1) is 19.7. The summed E-state index contributed by atoms with van der Waals surface area (Å²) in [7, 11) is 0. The quantitative estimate of drug-likeness (QED) is 0.375. The van der Waals surface area contributed by atoms with Gasteiger partial charge in [0.2, 0.25) is 0 Å². The van der Waals surface area contributed by atoms with Gasteiger partial charge in [-0.25, -0.2) is 0 Å². The van der Waals surface area contributed by atoms with Crippen LogP contribution in [0.2, 0.25) is 0 Å². The molecule has 0 radical (unpaired) electrons. The van der Waals surface area contributed by atoms with E-state index in [1.165, 1.54) is 23.9 Å². The minimum Gasteiger partial charge on any atom is -0.384 e. The van der Waals surface area contributed by atoms with Gasteiger partial charge >= 0.3 is 0 Å². The number of nitro benzene ring substituents is 1. The summed E-state index contributed by atoms with van der Waals surface area (Å²) >= 11 is 1.37. The van der Waals surface area contributed by atoms with E-state index >= 15 is 0 Å². The fraction of sp³-hybridized carbons (Fsp3) is 0.0500. The van der Waals surface area contributed by atoms with Gasteiger partial charge in [0.15, 0.2) is 0 Å². The number of nitrogens with one attached hydrogen (secondary N) is 1. The molecule has 0 saturated heterocycles. The zero-order chi connectivity index (χ0) is 21.0. The van der Waals surface area contributed by atoms with Gasteiger partial charge < -0.3 is 10.7 Å². The predicted octanol–water partition coefficient (Wildman–Crippen LogP) is 3.57. The van der Waals surface area contributed by atoms with Gasteiger partial charge in [-0.15, -0.1) is 11.8 Å². The van der Waals surface area contributed by atoms with Gasteiger partial charge in [-0.1, -0.05) is 30.3 Å². The molecule has 142 valence electrons. The molecule has 0 aliphatic rings. The normalized spacial score (nSPS) is 10.1. The number of anilines is 1. The van der Waals surface area contributed by atoms with Crippen LogP contribution >= 0.6 is 11.8 Å². The highest BCUT2D eigenvalue weighted by atomic mass is 32.2. The van der Waals surface area contributed by atoms with Crippen molar-refractivity contribution in [1.82, 2.24) is 4.98 Å². The lowest BCUT2D eigenvalue weighted by atomic mass is 9.96. The maximum atomic E-state index is 12.2. The van der Waals surface area contributed by atoms with Crippen LogP contribution in [0.5, 0.6) is 0 Å². The van der Waals surface area contributed by atoms with Gasteiger partial charge in [-0.3, -0.25) is 14.9 Å². The van der Waals surface area contributed by atoms with Crippen LogP contribution < -0.4 is 11.3 Å². The molecule has 0 unspecified atom stereocenters. The summed E-state index contributed by atoms with van der Waals surface area (Å²) in [6.45, 7) is 0. The van der Waals surface area contributed by atoms with E-state index in [1.807, 2.05) is 36.4 Å². The molecule has 0 fully saturated rings. The van der Waals surface area contributed by atoms with Gasteiger partial charge in [-0.2, -0.15) is 10.5 Å². The van der Waals surface area contributed by atoms with Crippen molar-refractivity contribution in [3.63, 3.8) is 0 Å². The number of benzene rings is 2. The van der Waals surface area contributed by atoms with Crippen LogP contribution in [-0.2, 0) is 5.75 Å². The topological polar surface area (TPSA) is 150 Å². The number of pyridine rings is 1. The molecule has 0 aliphatic carbocycles. The lowest BCUT2D eigenvalue weighted by Crippen LogP contribution is -2.16. The highest BCUT2D eigenvalue weighted by Crippen LogP contribution is 2.39. The van der Waals surface area contributed by atoms with E-state index in [0.29, 0.717) is 10.6 Å². The molecule has 29 heavy (non-hydrogen) atoms. The lowest BCUT2D eigenvalue weighted by Gasteiger charge is -2.13. The van der Waals surface area contributed by atoms with Crippen molar-refractivity contribution in [2.75, 3.05) is 5.73 Å². The number of non-ortho nitro benzene ring substituents is 1. The monoisotopic (exact) mass is 403 g/mol. The van der Waals surface area contributed by atoms with Crippen LogP contribution in [0, 0.1) is 32.8 Å². The third-order valence-corrected chi connectivity index (χ3v) is 5.29. The molecule has 2 aromatic carbocycles. The maximum Gasteiger partial charge on any atom is 0.270 e. The molecule has 0 aliphatic heterocycles. The first-order valence-corrected chi connectivity index (χ1v) is 9.26. The second-order valence-corrected chi connectivity index (χ2v) is 6.95. The second kappa shape index (κ2) is 8.30. The predicted molar refractivity (Wildman–Crippen MR) is 109 cm³/mol. The SMILES string of the molecule is N#Cc1c(N)[nH]c(=O)c(C#N)c1-c1cc([N+](=O)[O-])ccc1SCc1ccccc1. The van der Waals surface area contributed by atoms with Crippen LogP contribution in [0.25, 0.3) is 11.1 Å². The standard InChI is InChI=1S/C20H13N5O3S/c21-9-15-18(16(10-22)20(26)24-19(15)23)14-8-13(25(27)28)6-7-17(14)29-11-12-4-2-1-3-5-12/h1-8H,11H2,(H3,23,24,26). The summed E-state index contributed by atoms with van der Waals surface area (Å²) < 4.78 is 0. The van der Waals surface area contributed by atoms with E-state index in [-0.39, 0.29) is 33.8 Å². The summed E-state index contributed by atoms with van der Waals surface area (Å²) in [4.78, 5) is 25.8. The van der Waals surface area contributed by atoms with Crippen LogP contribution in [0.3, 0.4) is 0 Å². The molecule has 9 heteroatoms. The summed E-state index contributed by atoms with van der Waals surface area (Å²) in [6, 6.07) is 17.4. The van der Waals surface area contributed by atoms with E-state index < -0.39 is 10.5 Å². The van der Waals surface area contributed by atoms with Crippen molar-refractivity contribution >= 4 is 23.3 Å². The number of aromatic amines is 1. The number of nitrogens with two attached hydrogens (primary N) is 1. The lowest BCUT2D eigenvalue weighted by molar-refractivity contribution is -0.384. The van der Waals surface area contributed by atoms with Crippen molar-refractivity contribution < 1.29 is 4.92 Å². The van der Waals surface area contributed by atoms with Crippen molar-refractivity contribution in [3.8, 4) is 23.3 Å². The van der Waals surface area contributed by atoms with Gasteiger partial charge in [0.05, 0.1) is 4.92 Å². The smallest absolute Gasteiger partial charge is 0.270 e. The highest BCUT2D eigenvalue weighted by molar-refractivity contribution is 7.98. The van der Waals surface area contributed by atoms with E-state index in [0.717, 1.165) is 5.56 Å². The van der Waals surface area contributed by atoms with Crippen molar-refractivity contribution in [2.45, 2.75) is 10.6 Å². The Balaban J connectivity index is 2.24. The Morgan fingerprint density at radius 2 is 1.79 bits per heavy atom. The van der Waals surface area contributed by atoms with Gasteiger partial charge in [0, 0.05) is 33.9 Å².